The highest BCUT2D eigenvalue weighted by molar-refractivity contribution is 5.79. The molecule has 1 aliphatic carbocycles. The minimum absolute atomic E-state index is 0.188. The number of hydrogen-bond acceptors (Lipinski definition) is 3. The first-order valence-corrected chi connectivity index (χ1v) is 8.29. The lowest BCUT2D eigenvalue weighted by Gasteiger charge is -2.31. The van der Waals surface area contributed by atoms with E-state index in [0.29, 0.717) is 19.7 Å². The number of carbonyl (C=O) groups excluding carboxylic acids is 1. The molecular formula is C19H23NO3. The molecule has 1 saturated carbocycles. The van der Waals surface area contributed by atoms with Gasteiger partial charge >= 0.3 is 0 Å². The maximum Gasteiger partial charge on any atom is 0.226 e. The molecule has 1 fully saturated rings. The van der Waals surface area contributed by atoms with E-state index in [9.17, 15) is 4.79 Å². The molecule has 23 heavy (non-hydrogen) atoms. The van der Waals surface area contributed by atoms with Gasteiger partial charge in [-0.1, -0.05) is 18.6 Å². The van der Waals surface area contributed by atoms with Crippen LogP contribution in [0.25, 0.3) is 0 Å². The number of ether oxygens (including phenoxy) is 1. The van der Waals surface area contributed by atoms with Gasteiger partial charge in [-0.25, -0.2) is 0 Å². The lowest BCUT2D eigenvalue weighted by molar-refractivity contribution is -0.139. The summed E-state index contributed by atoms with van der Waals surface area (Å²) in [6.45, 7) is 3.75. The van der Waals surface area contributed by atoms with Crippen molar-refractivity contribution in [3.05, 3.63) is 54.0 Å². The van der Waals surface area contributed by atoms with Gasteiger partial charge in [0.1, 0.15) is 11.5 Å². The van der Waals surface area contributed by atoms with Crippen LogP contribution in [0, 0.1) is 5.92 Å². The highest BCUT2D eigenvalue weighted by atomic mass is 16.5. The first-order valence-electron chi connectivity index (χ1n) is 8.29. The van der Waals surface area contributed by atoms with Gasteiger partial charge in [-0.05, 0) is 49.6 Å². The molecule has 0 N–H and O–H groups in total. The standard InChI is InChI=1S/C19H23NO3/c1-2-22-17-10-8-15(9-11-17)13-20(14-18-7-4-12-23-18)19(21)16-5-3-6-16/h4,7-12,16H,2-3,5-6,13-14H2,1H3. The minimum atomic E-state index is 0.188. The Morgan fingerprint density at radius 3 is 2.57 bits per heavy atom. The highest BCUT2D eigenvalue weighted by Gasteiger charge is 2.29. The third-order valence-electron chi connectivity index (χ3n) is 4.30. The van der Waals surface area contributed by atoms with Gasteiger partial charge in [0, 0.05) is 12.5 Å². The van der Waals surface area contributed by atoms with Crippen molar-refractivity contribution < 1.29 is 13.9 Å². The molecule has 0 unspecified atom stereocenters. The van der Waals surface area contributed by atoms with Crippen molar-refractivity contribution in [1.82, 2.24) is 4.90 Å². The Labute approximate surface area is 137 Å². The second-order valence-electron chi connectivity index (χ2n) is 5.98. The molecule has 1 amide bonds. The number of hydrogen-bond donors (Lipinski definition) is 0. The number of amides is 1. The van der Waals surface area contributed by atoms with Crippen molar-refractivity contribution in [2.45, 2.75) is 39.3 Å². The van der Waals surface area contributed by atoms with E-state index in [2.05, 4.69) is 0 Å². The summed E-state index contributed by atoms with van der Waals surface area (Å²) in [7, 11) is 0. The van der Waals surface area contributed by atoms with Crippen LogP contribution in [0.1, 0.15) is 37.5 Å². The fourth-order valence-electron chi connectivity index (χ4n) is 2.79. The Hall–Kier alpha value is -2.23. The molecule has 4 nitrogen and oxygen atoms in total. The number of benzene rings is 1. The van der Waals surface area contributed by atoms with Crippen LogP contribution in [-0.4, -0.2) is 17.4 Å². The molecule has 0 saturated heterocycles. The lowest BCUT2D eigenvalue weighted by Crippen LogP contribution is -2.38. The molecule has 1 aliphatic rings. The van der Waals surface area contributed by atoms with E-state index >= 15 is 0 Å². The summed E-state index contributed by atoms with van der Waals surface area (Å²) < 4.78 is 10.9. The molecule has 0 spiro atoms. The number of furan rings is 1. The molecule has 4 heteroatoms. The fourth-order valence-corrected chi connectivity index (χ4v) is 2.79. The zero-order chi connectivity index (χ0) is 16.1. The predicted molar refractivity (Wildman–Crippen MR) is 87.9 cm³/mol. The van der Waals surface area contributed by atoms with Crippen LogP contribution < -0.4 is 4.74 Å². The zero-order valence-electron chi connectivity index (χ0n) is 13.5. The minimum Gasteiger partial charge on any atom is -0.494 e. The number of carbonyl (C=O) groups is 1. The van der Waals surface area contributed by atoms with E-state index in [1.807, 2.05) is 48.2 Å². The molecule has 0 bridgehead atoms. The van der Waals surface area contributed by atoms with Crippen LogP contribution in [-0.2, 0) is 17.9 Å². The third kappa shape index (κ3) is 3.95. The molecule has 1 aromatic carbocycles. The van der Waals surface area contributed by atoms with Crippen molar-refractivity contribution in [3.63, 3.8) is 0 Å². The largest absolute Gasteiger partial charge is 0.494 e. The van der Waals surface area contributed by atoms with Gasteiger partial charge in [0.15, 0.2) is 0 Å². The lowest BCUT2D eigenvalue weighted by atomic mass is 9.84. The van der Waals surface area contributed by atoms with Crippen LogP contribution >= 0.6 is 0 Å². The average Bonchev–Trinajstić information content (AvgIpc) is 3.00. The third-order valence-corrected chi connectivity index (χ3v) is 4.30. The summed E-state index contributed by atoms with van der Waals surface area (Å²) in [5.41, 5.74) is 1.10. The summed E-state index contributed by atoms with van der Waals surface area (Å²) in [4.78, 5) is 14.6. The Bertz CT molecular complexity index is 615. The first-order chi connectivity index (χ1) is 11.3. The summed E-state index contributed by atoms with van der Waals surface area (Å²) in [6.07, 6.45) is 4.83. The first kappa shape index (κ1) is 15.7. The molecule has 0 atom stereocenters. The van der Waals surface area contributed by atoms with Crippen molar-refractivity contribution >= 4 is 5.91 Å². The van der Waals surface area contributed by atoms with Gasteiger partial charge in [-0.3, -0.25) is 4.79 Å². The monoisotopic (exact) mass is 313 g/mol. The normalized spacial score (nSPS) is 14.3. The number of rotatable bonds is 7. The van der Waals surface area contributed by atoms with E-state index in [-0.39, 0.29) is 11.8 Å². The quantitative estimate of drug-likeness (QED) is 0.775. The Kier molecular flexibility index (Phi) is 5.01. The Morgan fingerprint density at radius 1 is 1.22 bits per heavy atom. The molecule has 2 aromatic rings. The van der Waals surface area contributed by atoms with Crippen molar-refractivity contribution in [2.75, 3.05) is 6.61 Å². The van der Waals surface area contributed by atoms with Gasteiger partial charge in [-0.2, -0.15) is 0 Å². The molecule has 122 valence electrons. The van der Waals surface area contributed by atoms with Gasteiger partial charge in [0.25, 0.3) is 0 Å². The topological polar surface area (TPSA) is 42.7 Å². The van der Waals surface area contributed by atoms with Gasteiger partial charge in [0.2, 0.25) is 5.91 Å². The van der Waals surface area contributed by atoms with E-state index in [1.165, 1.54) is 0 Å². The Morgan fingerprint density at radius 2 is 2.00 bits per heavy atom. The maximum atomic E-state index is 12.7. The van der Waals surface area contributed by atoms with Gasteiger partial charge < -0.3 is 14.1 Å². The second-order valence-corrected chi connectivity index (χ2v) is 5.98. The van der Waals surface area contributed by atoms with Gasteiger partial charge in [-0.15, -0.1) is 0 Å². The molecule has 0 radical (unpaired) electrons. The maximum absolute atomic E-state index is 12.7. The Balaban J connectivity index is 1.70. The highest BCUT2D eigenvalue weighted by Crippen LogP contribution is 2.29. The van der Waals surface area contributed by atoms with Crippen molar-refractivity contribution in [1.29, 1.82) is 0 Å². The molecule has 1 aromatic heterocycles. The van der Waals surface area contributed by atoms with Gasteiger partial charge in [0.05, 0.1) is 19.4 Å². The summed E-state index contributed by atoms with van der Waals surface area (Å²) in [5, 5.41) is 0. The van der Waals surface area contributed by atoms with E-state index < -0.39 is 0 Å². The molecule has 1 heterocycles. The van der Waals surface area contributed by atoms with Crippen LogP contribution in [0.15, 0.2) is 47.1 Å². The molecular weight excluding hydrogens is 290 g/mol. The van der Waals surface area contributed by atoms with Crippen LogP contribution in [0.5, 0.6) is 5.75 Å². The van der Waals surface area contributed by atoms with Crippen molar-refractivity contribution in [2.24, 2.45) is 5.92 Å². The van der Waals surface area contributed by atoms with Crippen LogP contribution in [0.4, 0.5) is 0 Å². The van der Waals surface area contributed by atoms with E-state index in [4.69, 9.17) is 9.15 Å². The fraction of sp³-hybridized carbons (Fsp3) is 0.421. The predicted octanol–water partition coefficient (Wildman–Crippen LogP) is 4.01. The van der Waals surface area contributed by atoms with E-state index in [1.54, 1.807) is 6.26 Å². The van der Waals surface area contributed by atoms with Crippen molar-refractivity contribution in [3.8, 4) is 5.75 Å². The zero-order valence-corrected chi connectivity index (χ0v) is 13.5. The SMILES string of the molecule is CCOc1ccc(CN(Cc2ccco2)C(=O)C2CCC2)cc1. The summed E-state index contributed by atoms with van der Waals surface area (Å²) >= 11 is 0. The van der Waals surface area contributed by atoms with Crippen LogP contribution in [0.3, 0.4) is 0 Å². The number of nitrogens with zero attached hydrogens (tertiary/aromatic N) is 1. The second kappa shape index (κ2) is 7.36. The molecule has 0 aliphatic heterocycles. The summed E-state index contributed by atoms with van der Waals surface area (Å²) in [5.74, 6) is 2.11. The summed E-state index contributed by atoms with van der Waals surface area (Å²) in [6, 6.07) is 11.7. The van der Waals surface area contributed by atoms with E-state index in [0.717, 1.165) is 36.3 Å². The average molecular weight is 313 g/mol. The van der Waals surface area contributed by atoms with Crippen LogP contribution in [0.2, 0.25) is 0 Å². The molecule has 3 rings (SSSR count). The smallest absolute Gasteiger partial charge is 0.226 e.